The van der Waals surface area contributed by atoms with Gasteiger partial charge in [0, 0.05) is 6.20 Å². The smallest absolute Gasteiger partial charge is 0.172 e. The van der Waals surface area contributed by atoms with Crippen LogP contribution < -0.4 is 5.73 Å². The number of rotatable bonds is 2. The van der Waals surface area contributed by atoms with Crippen molar-refractivity contribution >= 4 is 17.6 Å². The van der Waals surface area contributed by atoms with Crippen molar-refractivity contribution in [2.75, 3.05) is 6.26 Å². The lowest BCUT2D eigenvalue weighted by atomic mass is 10.3. The minimum absolute atomic E-state index is 0.0902. The zero-order valence-electron chi connectivity index (χ0n) is 6.56. The Bertz CT molecular complexity index is 300. The molecule has 4 nitrogen and oxygen atoms in total. The minimum Gasteiger partial charge on any atom is -0.409 e. The fourth-order valence-corrected chi connectivity index (χ4v) is 1.36. The van der Waals surface area contributed by atoms with Gasteiger partial charge in [-0.1, -0.05) is 5.16 Å². The quantitative estimate of drug-likeness (QED) is 0.235. The van der Waals surface area contributed by atoms with Crippen molar-refractivity contribution in [3.63, 3.8) is 0 Å². The van der Waals surface area contributed by atoms with Gasteiger partial charge < -0.3 is 10.9 Å². The molecule has 0 unspecified atom stereocenters. The molecule has 0 saturated heterocycles. The summed E-state index contributed by atoms with van der Waals surface area (Å²) >= 11 is 1.46. The first-order valence-corrected chi connectivity index (χ1v) is 4.49. The first-order chi connectivity index (χ1) is 5.79. The zero-order valence-corrected chi connectivity index (χ0v) is 7.38. The highest BCUT2D eigenvalue weighted by atomic mass is 32.2. The number of aromatic nitrogens is 1. The molecule has 1 aromatic heterocycles. The normalized spacial score (nSPS) is 11.6. The summed E-state index contributed by atoms with van der Waals surface area (Å²) < 4.78 is 0. The van der Waals surface area contributed by atoms with Gasteiger partial charge in [0.2, 0.25) is 0 Å². The molecule has 0 aliphatic carbocycles. The molecule has 0 atom stereocenters. The van der Waals surface area contributed by atoms with Gasteiger partial charge >= 0.3 is 0 Å². The number of hydrogen-bond acceptors (Lipinski definition) is 4. The van der Waals surface area contributed by atoms with E-state index in [1.165, 1.54) is 11.8 Å². The lowest BCUT2D eigenvalue weighted by molar-refractivity contribution is 0.318. The van der Waals surface area contributed by atoms with Gasteiger partial charge in [0.1, 0.15) is 5.03 Å². The predicted molar refractivity (Wildman–Crippen MR) is 48.5 cm³/mol. The van der Waals surface area contributed by atoms with Crippen LogP contribution in [0.3, 0.4) is 0 Å². The van der Waals surface area contributed by atoms with Crippen LogP contribution in [-0.4, -0.2) is 22.3 Å². The lowest BCUT2D eigenvalue weighted by Crippen LogP contribution is -2.14. The third-order valence-corrected chi connectivity index (χ3v) is 2.06. The fraction of sp³-hybridized carbons (Fsp3) is 0.143. The molecule has 64 valence electrons. The summed E-state index contributed by atoms with van der Waals surface area (Å²) in [6.07, 6.45) is 3.55. The van der Waals surface area contributed by atoms with E-state index in [0.29, 0.717) is 5.56 Å². The largest absolute Gasteiger partial charge is 0.409 e. The molecule has 1 rings (SSSR count). The molecule has 0 spiro atoms. The number of nitrogens with two attached hydrogens (primary N) is 1. The lowest BCUT2D eigenvalue weighted by Gasteiger charge is -2.02. The zero-order chi connectivity index (χ0) is 8.97. The van der Waals surface area contributed by atoms with Crippen LogP contribution in [0.5, 0.6) is 0 Å². The number of pyridine rings is 1. The minimum atomic E-state index is 0.0902. The first kappa shape index (κ1) is 8.86. The van der Waals surface area contributed by atoms with Crippen LogP contribution in [0.15, 0.2) is 28.5 Å². The Morgan fingerprint density at radius 3 is 3.08 bits per heavy atom. The summed E-state index contributed by atoms with van der Waals surface area (Å²) in [6.45, 7) is 0. The maximum Gasteiger partial charge on any atom is 0.172 e. The molecule has 0 radical (unpaired) electrons. The van der Waals surface area contributed by atoms with Gasteiger partial charge in [-0.3, -0.25) is 0 Å². The second kappa shape index (κ2) is 3.96. The van der Waals surface area contributed by atoms with Crippen LogP contribution in [0.25, 0.3) is 0 Å². The van der Waals surface area contributed by atoms with Gasteiger partial charge in [-0.25, -0.2) is 4.98 Å². The van der Waals surface area contributed by atoms with Crippen LogP contribution in [0, 0.1) is 0 Å². The van der Waals surface area contributed by atoms with Crippen LogP contribution in [0.1, 0.15) is 5.56 Å². The number of hydrogen-bond donors (Lipinski definition) is 2. The maximum atomic E-state index is 8.43. The Morgan fingerprint density at radius 2 is 2.50 bits per heavy atom. The molecule has 0 aliphatic rings. The summed E-state index contributed by atoms with van der Waals surface area (Å²) in [4.78, 5) is 4.06. The van der Waals surface area contributed by atoms with Crippen LogP contribution >= 0.6 is 11.8 Å². The van der Waals surface area contributed by atoms with Crippen molar-refractivity contribution in [1.82, 2.24) is 4.98 Å². The molecule has 0 amide bonds. The molecular formula is C7H9N3OS. The van der Waals surface area contributed by atoms with Crippen molar-refractivity contribution < 1.29 is 5.21 Å². The second-order valence-electron chi connectivity index (χ2n) is 2.05. The number of nitrogens with zero attached hydrogens (tertiary/aromatic N) is 2. The van der Waals surface area contributed by atoms with Gasteiger partial charge in [0.25, 0.3) is 0 Å². The van der Waals surface area contributed by atoms with Crippen molar-refractivity contribution in [3.8, 4) is 0 Å². The van der Waals surface area contributed by atoms with Crippen LogP contribution in [0.4, 0.5) is 0 Å². The van der Waals surface area contributed by atoms with E-state index in [2.05, 4.69) is 10.1 Å². The maximum absolute atomic E-state index is 8.43. The van der Waals surface area contributed by atoms with Crippen molar-refractivity contribution in [2.45, 2.75) is 5.03 Å². The van der Waals surface area contributed by atoms with E-state index in [1.807, 2.05) is 6.26 Å². The Balaban J connectivity index is 3.13. The highest BCUT2D eigenvalue weighted by Gasteiger charge is 2.05. The van der Waals surface area contributed by atoms with E-state index in [-0.39, 0.29) is 5.84 Å². The standard InChI is InChI=1S/C7H9N3OS/c1-12-7-5(6(8)10-11)3-2-4-9-7/h2-4,11H,1H3,(H2,8,10). The molecule has 0 fully saturated rings. The monoisotopic (exact) mass is 183 g/mol. The SMILES string of the molecule is CSc1ncccc1/C(N)=N/O. The molecule has 1 aromatic rings. The predicted octanol–water partition coefficient (Wildman–Crippen LogP) is 0.898. The molecule has 1 heterocycles. The molecule has 0 aliphatic heterocycles. The number of amidine groups is 1. The summed E-state index contributed by atoms with van der Waals surface area (Å²) in [5, 5.41) is 12.1. The molecule has 0 saturated carbocycles. The molecule has 0 bridgehead atoms. The third-order valence-electron chi connectivity index (χ3n) is 1.35. The Morgan fingerprint density at radius 1 is 1.75 bits per heavy atom. The average Bonchev–Trinajstić information content (AvgIpc) is 2.16. The highest BCUT2D eigenvalue weighted by Crippen LogP contribution is 2.15. The Labute approximate surface area is 74.5 Å². The topological polar surface area (TPSA) is 71.5 Å². The first-order valence-electron chi connectivity index (χ1n) is 3.26. The second-order valence-corrected chi connectivity index (χ2v) is 2.84. The summed E-state index contributed by atoms with van der Waals surface area (Å²) in [7, 11) is 0. The van der Waals surface area contributed by atoms with E-state index in [1.54, 1.807) is 18.3 Å². The van der Waals surface area contributed by atoms with E-state index < -0.39 is 0 Å². The molecule has 12 heavy (non-hydrogen) atoms. The Hall–Kier alpha value is -1.23. The molecule has 0 aromatic carbocycles. The van der Waals surface area contributed by atoms with Crippen LogP contribution in [0.2, 0.25) is 0 Å². The number of thioether (sulfide) groups is 1. The number of oxime groups is 1. The van der Waals surface area contributed by atoms with Crippen molar-refractivity contribution in [1.29, 1.82) is 0 Å². The average molecular weight is 183 g/mol. The van der Waals surface area contributed by atoms with Crippen LogP contribution in [-0.2, 0) is 0 Å². The van der Waals surface area contributed by atoms with E-state index in [9.17, 15) is 0 Å². The molecule has 3 N–H and O–H groups in total. The van der Waals surface area contributed by atoms with E-state index >= 15 is 0 Å². The summed E-state index contributed by atoms with van der Waals surface area (Å²) in [6, 6.07) is 3.50. The van der Waals surface area contributed by atoms with Crippen molar-refractivity contribution in [3.05, 3.63) is 23.9 Å². The highest BCUT2D eigenvalue weighted by molar-refractivity contribution is 7.98. The van der Waals surface area contributed by atoms with Crippen molar-refractivity contribution in [2.24, 2.45) is 10.9 Å². The van der Waals surface area contributed by atoms with Gasteiger partial charge in [0.15, 0.2) is 5.84 Å². The van der Waals surface area contributed by atoms with E-state index in [4.69, 9.17) is 10.9 Å². The summed E-state index contributed by atoms with van der Waals surface area (Å²) in [5.41, 5.74) is 6.08. The van der Waals surface area contributed by atoms with Gasteiger partial charge in [0.05, 0.1) is 5.56 Å². The summed E-state index contributed by atoms with van der Waals surface area (Å²) in [5.74, 6) is 0.0902. The van der Waals surface area contributed by atoms with Gasteiger partial charge in [-0.2, -0.15) is 0 Å². The van der Waals surface area contributed by atoms with Gasteiger partial charge in [-0.05, 0) is 18.4 Å². The molecule has 5 heteroatoms. The molecular weight excluding hydrogens is 174 g/mol. The third kappa shape index (κ3) is 1.68. The fourth-order valence-electron chi connectivity index (χ4n) is 0.802. The Kier molecular flexibility index (Phi) is 2.93. The van der Waals surface area contributed by atoms with E-state index in [0.717, 1.165) is 5.03 Å². The van der Waals surface area contributed by atoms with Gasteiger partial charge in [-0.15, -0.1) is 11.8 Å².